The van der Waals surface area contributed by atoms with Crippen LogP contribution in [0.4, 0.5) is 0 Å². The fraction of sp³-hybridized carbons (Fsp3) is 0. The quantitative estimate of drug-likeness (QED) is 0.175. The highest BCUT2D eigenvalue weighted by molar-refractivity contribution is 6.59. The van der Waals surface area contributed by atoms with E-state index in [1.807, 2.05) is 0 Å². The third-order valence-corrected chi connectivity index (χ3v) is 6.60. The Bertz CT molecular complexity index is 1300. The van der Waals surface area contributed by atoms with E-state index >= 15 is 0 Å². The van der Waals surface area contributed by atoms with E-state index < -0.39 is 10.9 Å². The Kier molecular flexibility index (Phi) is 3.74. The van der Waals surface area contributed by atoms with Crippen LogP contribution in [0.15, 0.2) is 21.7 Å². The van der Waals surface area contributed by atoms with E-state index in [2.05, 4.69) is 0 Å². The first-order chi connectivity index (χ1) is 11.3. The molecule has 0 fully saturated rings. The monoisotopic (exact) mass is 436 g/mol. The molecule has 4 aromatic carbocycles. The molecule has 0 heterocycles. The molecule has 0 N–H and O–H groups in total. The van der Waals surface area contributed by atoms with Gasteiger partial charge in [-0.05, 0) is 6.07 Å². The lowest BCUT2D eigenvalue weighted by Gasteiger charge is -2.17. The maximum absolute atomic E-state index is 12.3. The molecule has 0 spiro atoms. The van der Waals surface area contributed by atoms with Gasteiger partial charge in [-0.1, -0.05) is 75.7 Å². The third kappa shape index (κ3) is 1.87. The summed E-state index contributed by atoms with van der Waals surface area (Å²) >= 11 is 37.6. The van der Waals surface area contributed by atoms with Crippen molar-refractivity contribution < 1.29 is 0 Å². The molecule has 0 aliphatic rings. The summed E-state index contributed by atoms with van der Waals surface area (Å²) in [6, 6.07) is 3.08. The van der Waals surface area contributed by atoms with E-state index in [-0.39, 0.29) is 40.9 Å². The second-order valence-electron chi connectivity index (χ2n) is 5.20. The van der Waals surface area contributed by atoms with E-state index in [1.165, 1.54) is 6.07 Å². The van der Waals surface area contributed by atoms with Crippen LogP contribution in [-0.2, 0) is 0 Å². The molecule has 0 saturated carbocycles. The zero-order valence-corrected chi connectivity index (χ0v) is 15.8. The zero-order chi connectivity index (χ0) is 17.5. The van der Waals surface area contributed by atoms with Gasteiger partial charge in [-0.3, -0.25) is 9.59 Å². The van der Waals surface area contributed by atoms with Gasteiger partial charge in [0.15, 0.2) is 0 Å². The molecule has 0 saturated heterocycles. The standard InChI is InChI=1S/C16H2Cl6O2/c17-9-3-1-2-4-6-5(3)7(12(20)14(9)22)10(18)11(19)8(6)13(21)16(24)15(4)23/h1-2H. The number of hydrogen-bond donors (Lipinski definition) is 0. The van der Waals surface area contributed by atoms with Crippen LogP contribution in [0.5, 0.6) is 0 Å². The van der Waals surface area contributed by atoms with Gasteiger partial charge in [0, 0.05) is 32.3 Å². The molecule has 2 nitrogen and oxygen atoms in total. The van der Waals surface area contributed by atoms with Crippen molar-refractivity contribution in [2.24, 2.45) is 0 Å². The minimum Gasteiger partial charge on any atom is -0.285 e. The molecule has 0 amide bonds. The summed E-state index contributed by atoms with van der Waals surface area (Å²) < 4.78 is 0. The molecule has 0 bridgehead atoms. The van der Waals surface area contributed by atoms with Gasteiger partial charge in [-0.15, -0.1) is 0 Å². The van der Waals surface area contributed by atoms with E-state index in [0.29, 0.717) is 21.5 Å². The highest BCUT2D eigenvalue weighted by atomic mass is 35.5. The van der Waals surface area contributed by atoms with Gasteiger partial charge in [0.05, 0.1) is 25.1 Å². The molecular formula is C16H2Cl6O2. The number of hydrogen-bond acceptors (Lipinski definition) is 2. The molecule has 0 aromatic heterocycles. The smallest absolute Gasteiger partial charge is 0.245 e. The van der Waals surface area contributed by atoms with Gasteiger partial charge in [0.2, 0.25) is 10.9 Å². The van der Waals surface area contributed by atoms with Gasteiger partial charge in [0.25, 0.3) is 0 Å². The molecular weight excluding hydrogens is 437 g/mol. The molecule has 0 aliphatic carbocycles. The van der Waals surface area contributed by atoms with E-state index in [9.17, 15) is 9.59 Å². The van der Waals surface area contributed by atoms with Crippen LogP contribution in [0.3, 0.4) is 0 Å². The highest BCUT2D eigenvalue weighted by Gasteiger charge is 2.26. The zero-order valence-electron chi connectivity index (χ0n) is 11.2. The molecule has 0 aliphatic heterocycles. The second-order valence-corrected chi connectivity index (χ2v) is 7.47. The molecule has 4 rings (SSSR count). The lowest BCUT2D eigenvalue weighted by molar-refractivity contribution is 1.56. The molecule has 0 unspecified atom stereocenters. The van der Waals surface area contributed by atoms with Crippen LogP contribution in [0.1, 0.15) is 0 Å². The number of benzene rings is 4. The van der Waals surface area contributed by atoms with Crippen molar-refractivity contribution in [3.8, 4) is 0 Å². The number of halogens is 6. The Morgan fingerprint density at radius 1 is 0.458 bits per heavy atom. The number of rotatable bonds is 0. The van der Waals surface area contributed by atoms with Crippen molar-refractivity contribution in [2.75, 3.05) is 0 Å². The molecule has 8 heteroatoms. The van der Waals surface area contributed by atoms with Gasteiger partial charge in [-0.2, -0.15) is 0 Å². The summed E-state index contributed by atoms with van der Waals surface area (Å²) in [7, 11) is 0. The largest absolute Gasteiger partial charge is 0.285 e. The summed E-state index contributed by atoms with van der Waals surface area (Å²) in [5.41, 5.74) is -1.56. The van der Waals surface area contributed by atoms with Crippen LogP contribution >= 0.6 is 69.6 Å². The molecule has 0 radical (unpaired) electrons. The van der Waals surface area contributed by atoms with Crippen molar-refractivity contribution in [1.29, 1.82) is 0 Å². The highest BCUT2D eigenvalue weighted by Crippen LogP contribution is 2.51. The summed E-state index contributed by atoms with van der Waals surface area (Å²) in [6.07, 6.45) is 0. The minimum absolute atomic E-state index is 0.0315. The summed E-state index contributed by atoms with van der Waals surface area (Å²) in [4.78, 5) is 24.4. The fourth-order valence-corrected chi connectivity index (χ4v) is 4.72. The average molecular weight is 439 g/mol. The molecule has 24 heavy (non-hydrogen) atoms. The van der Waals surface area contributed by atoms with Crippen LogP contribution in [0.2, 0.25) is 30.1 Å². The molecule has 4 aromatic rings. The van der Waals surface area contributed by atoms with Crippen molar-refractivity contribution >= 4 is 102 Å². The van der Waals surface area contributed by atoms with Gasteiger partial charge >= 0.3 is 0 Å². The van der Waals surface area contributed by atoms with Crippen LogP contribution in [-0.4, -0.2) is 0 Å². The minimum atomic E-state index is -0.837. The first-order valence-corrected chi connectivity index (χ1v) is 8.72. The predicted molar refractivity (Wildman–Crippen MR) is 104 cm³/mol. The Morgan fingerprint density at radius 2 is 0.917 bits per heavy atom. The first-order valence-electron chi connectivity index (χ1n) is 6.45. The SMILES string of the molecule is O=c1c(Cl)c2c(Cl)c(Cl)c3c(Cl)c(Cl)c(Cl)c4ccc(c1=O)c2c43. The average Bonchev–Trinajstić information content (AvgIpc) is 2.56. The van der Waals surface area contributed by atoms with E-state index in [4.69, 9.17) is 69.6 Å². The summed E-state index contributed by atoms with van der Waals surface area (Å²) in [5.74, 6) is 0. The lowest BCUT2D eigenvalue weighted by atomic mass is 9.93. The Labute approximate surface area is 164 Å². The normalized spacial score (nSPS) is 12.1. The van der Waals surface area contributed by atoms with Crippen LogP contribution in [0, 0.1) is 0 Å². The molecule has 120 valence electrons. The summed E-state index contributed by atoms with van der Waals surface area (Å²) in [6.45, 7) is 0. The van der Waals surface area contributed by atoms with E-state index in [1.54, 1.807) is 6.07 Å². The fourth-order valence-electron chi connectivity index (χ4n) is 3.01. The van der Waals surface area contributed by atoms with Crippen molar-refractivity contribution in [3.05, 3.63) is 62.7 Å². The van der Waals surface area contributed by atoms with Crippen molar-refractivity contribution in [1.82, 2.24) is 0 Å². The van der Waals surface area contributed by atoms with E-state index in [0.717, 1.165) is 0 Å². The van der Waals surface area contributed by atoms with Gasteiger partial charge < -0.3 is 0 Å². The van der Waals surface area contributed by atoms with Crippen LogP contribution < -0.4 is 10.9 Å². The second kappa shape index (κ2) is 5.38. The first kappa shape index (κ1) is 16.7. The lowest BCUT2D eigenvalue weighted by Crippen LogP contribution is -2.24. The maximum atomic E-state index is 12.3. The maximum Gasteiger partial charge on any atom is 0.245 e. The topological polar surface area (TPSA) is 34.1 Å². The van der Waals surface area contributed by atoms with Crippen molar-refractivity contribution in [3.63, 3.8) is 0 Å². The van der Waals surface area contributed by atoms with Gasteiger partial charge in [0.1, 0.15) is 5.02 Å². The molecule has 0 atom stereocenters. The Hall–Kier alpha value is -0.740. The Balaban J connectivity index is 2.61. The van der Waals surface area contributed by atoms with Gasteiger partial charge in [-0.25, -0.2) is 0 Å². The Morgan fingerprint density at radius 3 is 1.54 bits per heavy atom. The summed E-state index contributed by atoms with van der Waals surface area (Å²) in [5, 5.41) is 2.45. The van der Waals surface area contributed by atoms with Crippen LogP contribution in [0.25, 0.3) is 32.3 Å². The van der Waals surface area contributed by atoms with Crippen molar-refractivity contribution in [2.45, 2.75) is 0 Å². The predicted octanol–water partition coefficient (Wildman–Crippen LogP) is 6.66. The third-order valence-electron chi connectivity index (χ3n) is 4.05.